The first-order valence-electron chi connectivity index (χ1n) is 9.55. The normalized spacial score (nSPS) is 22.9. The first-order chi connectivity index (χ1) is 12.5. The van der Waals surface area contributed by atoms with Crippen molar-refractivity contribution in [2.45, 2.75) is 25.7 Å². The fraction of sp³-hybridized carbons (Fsp3) is 0.550. The highest BCUT2D eigenvalue weighted by molar-refractivity contribution is 7.91. The summed E-state index contributed by atoms with van der Waals surface area (Å²) >= 11 is 0. The van der Waals surface area contributed by atoms with Crippen molar-refractivity contribution in [3.63, 3.8) is 0 Å². The molecule has 1 aromatic heterocycles. The highest BCUT2D eigenvalue weighted by atomic mass is 32.2. The summed E-state index contributed by atoms with van der Waals surface area (Å²) < 4.78 is 25.3. The van der Waals surface area contributed by atoms with Gasteiger partial charge >= 0.3 is 0 Å². The molecule has 0 saturated carbocycles. The number of aromatic nitrogens is 2. The first-order valence-corrected chi connectivity index (χ1v) is 11.4. The molecular formula is C20H27N3O2S. The van der Waals surface area contributed by atoms with E-state index >= 15 is 0 Å². The van der Waals surface area contributed by atoms with Gasteiger partial charge in [0, 0.05) is 43.4 Å². The zero-order chi connectivity index (χ0) is 18.1. The number of hydrogen-bond acceptors (Lipinski definition) is 4. The number of benzene rings is 1. The molecule has 0 amide bonds. The summed E-state index contributed by atoms with van der Waals surface area (Å²) in [4.78, 5) is 2.50. The van der Waals surface area contributed by atoms with Crippen LogP contribution in [0.4, 0.5) is 0 Å². The van der Waals surface area contributed by atoms with Gasteiger partial charge in [-0.25, -0.2) is 8.42 Å². The lowest BCUT2D eigenvalue weighted by Crippen LogP contribution is -2.29. The van der Waals surface area contributed by atoms with Gasteiger partial charge in [-0.1, -0.05) is 30.3 Å². The highest BCUT2D eigenvalue weighted by Gasteiger charge is 2.28. The Morgan fingerprint density at radius 1 is 1.15 bits per heavy atom. The van der Waals surface area contributed by atoms with Gasteiger partial charge in [0.15, 0.2) is 9.84 Å². The Morgan fingerprint density at radius 3 is 2.65 bits per heavy atom. The van der Waals surface area contributed by atoms with Crippen LogP contribution >= 0.6 is 0 Å². The minimum atomic E-state index is -2.76. The van der Waals surface area contributed by atoms with Crippen LogP contribution in [-0.4, -0.2) is 54.2 Å². The smallest absolute Gasteiger partial charge is 0.150 e. The molecule has 1 saturated heterocycles. The quantitative estimate of drug-likeness (QED) is 0.825. The topological polar surface area (TPSA) is 55.2 Å². The van der Waals surface area contributed by atoms with Crippen LogP contribution in [-0.2, 0) is 29.7 Å². The van der Waals surface area contributed by atoms with Crippen LogP contribution in [0.25, 0.3) is 11.3 Å². The van der Waals surface area contributed by atoms with Crippen molar-refractivity contribution in [2.75, 3.05) is 31.1 Å². The van der Waals surface area contributed by atoms with Crippen molar-refractivity contribution in [1.82, 2.24) is 14.7 Å². The molecule has 5 nitrogen and oxygen atoms in total. The molecule has 26 heavy (non-hydrogen) atoms. The molecule has 140 valence electrons. The Morgan fingerprint density at radius 2 is 1.92 bits per heavy atom. The molecule has 6 heteroatoms. The van der Waals surface area contributed by atoms with E-state index in [4.69, 9.17) is 5.10 Å². The second kappa shape index (κ2) is 7.16. The molecule has 0 aliphatic carbocycles. The van der Waals surface area contributed by atoms with E-state index in [0.717, 1.165) is 51.0 Å². The van der Waals surface area contributed by atoms with Gasteiger partial charge in [0.2, 0.25) is 0 Å². The van der Waals surface area contributed by atoms with Crippen LogP contribution in [0.15, 0.2) is 30.3 Å². The van der Waals surface area contributed by atoms with E-state index in [1.807, 2.05) is 17.8 Å². The van der Waals surface area contributed by atoms with Crippen LogP contribution in [0.1, 0.15) is 24.1 Å². The molecule has 0 bridgehead atoms. The molecule has 0 radical (unpaired) electrons. The fourth-order valence-electron chi connectivity index (χ4n) is 4.34. The van der Waals surface area contributed by atoms with Crippen molar-refractivity contribution >= 4 is 9.84 Å². The lowest BCUT2D eigenvalue weighted by Gasteiger charge is -2.21. The molecule has 2 aliphatic rings. The number of hydrogen-bond donors (Lipinski definition) is 0. The van der Waals surface area contributed by atoms with E-state index in [0.29, 0.717) is 17.4 Å². The zero-order valence-electron chi connectivity index (χ0n) is 15.4. The van der Waals surface area contributed by atoms with Crippen LogP contribution in [0.3, 0.4) is 0 Å². The van der Waals surface area contributed by atoms with Crippen molar-refractivity contribution in [3.05, 3.63) is 41.6 Å². The largest absolute Gasteiger partial charge is 0.303 e. The maximum absolute atomic E-state index is 11.6. The van der Waals surface area contributed by atoms with Crippen LogP contribution in [0, 0.1) is 5.92 Å². The standard InChI is InChI=1S/C20H27N3O2S/c1-22-19-9-13-23(11-7-16-10-14-26(24,25)15-16)12-8-18(19)20(21-22)17-5-3-2-4-6-17/h2-6,16H,7-15H2,1H3. The molecule has 2 aliphatic heterocycles. The van der Waals surface area contributed by atoms with Gasteiger partial charge in [0.25, 0.3) is 0 Å². The fourth-order valence-corrected chi connectivity index (χ4v) is 6.25. The first kappa shape index (κ1) is 17.7. The molecule has 3 heterocycles. The third-order valence-electron chi connectivity index (χ3n) is 5.85. The average molecular weight is 374 g/mol. The molecule has 2 aromatic rings. The Balaban J connectivity index is 1.43. The van der Waals surface area contributed by atoms with Crippen molar-refractivity contribution < 1.29 is 8.42 Å². The maximum Gasteiger partial charge on any atom is 0.150 e. The molecule has 1 fully saturated rings. The predicted octanol–water partition coefficient (Wildman–Crippen LogP) is 2.31. The Kier molecular flexibility index (Phi) is 4.88. The summed E-state index contributed by atoms with van der Waals surface area (Å²) in [5.74, 6) is 1.13. The molecule has 4 rings (SSSR count). The summed E-state index contributed by atoms with van der Waals surface area (Å²) in [6.07, 6.45) is 3.86. The van der Waals surface area contributed by atoms with Gasteiger partial charge in [0.05, 0.1) is 17.2 Å². The lowest BCUT2D eigenvalue weighted by atomic mass is 10.0. The average Bonchev–Trinajstić information content (AvgIpc) is 3.05. The van der Waals surface area contributed by atoms with Gasteiger partial charge in [-0.05, 0) is 31.7 Å². The number of aryl methyl sites for hydroxylation is 1. The highest BCUT2D eigenvalue weighted by Crippen LogP contribution is 2.28. The van der Waals surface area contributed by atoms with E-state index in [1.54, 1.807) is 0 Å². The van der Waals surface area contributed by atoms with E-state index in [1.165, 1.54) is 16.8 Å². The predicted molar refractivity (Wildman–Crippen MR) is 104 cm³/mol. The summed E-state index contributed by atoms with van der Waals surface area (Å²) in [6.45, 7) is 3.06. The van der Waals surface area contributed by atoms with E-state index in [2.05, 4.69) is 29.2 Å². The van der Waals surface area contributed by atoms with Gasteiger partial charge in [-0.15, -0.1) is 0 Å². The third kappa shape index (κ3) is 3.71. The second-order valence-electron chi connectivity index (χ2n) is 7.66. The van der Waals surface area contributed by atoms with Gasteiger partial charge in [-0.2, -0.15) is 5.10 Å². The van der Waals surface area contributed by atoms with Crippen LogP contribution in [0.2, 0.25) is 0 Å². The van der Waals surface area contributed by atoms with Gasteiger partial charge in [0.1, 0.15) is 0 Å². The number of nitrogens with zero attached hydrogens (tertiary/aromatic N) is 3. The SMILES string of the molecule is Cn1nc(-c2ccccc2)c2c1CCN(CCC1CCS(=O)(=O)C1)CC2. The number of rotatable bonds is 4. The number of sulfone groups is 1. The van der Waals surface area contributed by atoms with Crippen molar-refractivity contribution in [3.8, 4) is 11.3 Å². The van der Waals surface area contributed by atoms with Gasteiger partial charge < -0.3 is 4.90 Å². The zero-order valence-corrected chi connectivity index (χ0v) is 16.2. The molecular weight excluding hydrogens is 346 g/mol. The van der Waals surface area contributed by atoms with Crippen molar-refractivity contribution in [2.24, 2.45) is 13.0 Å². The monoisotopic (exact) mass is 373 g/mol. The minimum absolute atomic E-state index is 0.354. The maximum atomic E-state index is 11.6. The summed E-state index contributed by atoms with van der Waals surface area (Å²) in [5, 5.41) is 4.79. The Labute approximate surface area is 155 Å². The lowest BCUT2D eigenvalue weighted by molar-refractivity contribution is 0.265. The van der Waals surface area contributed by atoms with Gasteiger partial charge in [-0.3, -0.25) is 4.68 Å². The summed E-state index contributed by atoms with van der Waals surface area (Å²) in [5.41, 5.74) is 5.03. The van der Waals surface area contributed by atoms with E-state index in [-0.39, 0.29) is 0 Å². The van der Waals surface area contributed by atoms with Crippen LogP contribution < -0.4 is 0 Å². The Hall–Kier alpha value is -1.66. The van der Waals surface area contributed by atoms with Crippen LogP contribution in [0.5, 0.6) is 0 Å². The second-order valence-corrected chi connectivity index (χ2v) is 9.89. The molecule has 1 atom stereocenters. The van der Waals surface area contributed by atoms with Crippen molar-refractivity contribution in [1.29, 1.82) is 0 Å². The molecule has 0 N–H and O–H groups in total. The number of fused-ring (bicyclic) bond motifs is 1. The molecule has 0 spiro atoms. The summed E-state index contributed by atoms with van der Waals surface area (Å²) in [7, 11) is -0.716. The van der Waals surface area contributed by atoms with E-state index < -0.39 is 9.84 Å². The molecule has 1 unspecified atom stereocenters. The minimum Gasteiger partial charge on any atom is -0.303 e. The van der Waals surface area contributed by atoms with E-state index in [9.17, 15) is 8.42 Å². The third-order valence-corrected chi connectivity index (χ3v) is 7.68. The summed E-state index contributed by atoms with van der Waals surface area (Å²) in [6, 6.07) is 10.4. The Bertz CT molecular complexity index is 874. The molecule has 1 aromatic carbocycles.